The van der Waals surface area contributed by atoms with Gasteiger partial charge in [0, 0.05) is 12.1 Å². The maximum Gasteiger partial charge on any atom is 0.251 e. The van der Waals surface area contributed by atoms with Crippen LogP contribution in [0.3, 0.4) is 0 Å². The molecule has 1 fully saturated rings. The van der Waals surface area contributed by atoms with E-state index in [2.05, 4.69) is 10.3 Å². The van der Waals surface area contributed by atoms with E-state index in [1.165, 1.54) is 12.1 Å². The third kappa shape index (κ3) is 3.58. The fourth-order valence-electron chi connectivity index (χ4n) is 1.99. The molecule has 0 aliphatic carbocycles. The van der Waals surface area contributed by atoms with E-state index in [1.54, 1.807) is 0 Å². The van der Waals surface area contributed by atoms with Crippen molar-refractivity contribution >= 4 is 38.9 Å². The lowest BCUT2D eigenvalue weighted by Crippen LogP contribution is -2.34. The highest BCUT2D eigenvalue weighted by Gasteiger charge is 2.31. The van der Waals surface area contributed by atoms with Crippen molar-refractivity contribution in [2.45, 2.75) is 18.1 Å². The van der Waals surface area contributed by atoms with Crippen LogP contribution in [0.5, 0.6) is 0 Å². The number of sulfone groups is 1. The maximum atomic E-state index is 11.9. The molecule has 0 aromatic carbocycles. The Morgan fingerprint density at radius 1 is 1.37 bits per heavy atom. The summed E-state index contributed by atoms with van der Waals surface area (Å²) in [5, 5.41) is 2.33. The lowest BCUT2D eigenvalue weighted by molar-refractivity contribution is 0.0953. The molecule has 1 aromatic rings. The number of nitrogens with one attached hydrogen (secondary N) is 1. The molecule has 8 heteroatoms. The Bertz CT molecular complexity index is 584. The number of aromatic nitrogens is 1. The van der Waals surface area contributed by atoms with Crippen LogP contribution in [0.25, 0.3) is 0 Å². The van der Waals surface area contributed by atoms with Crippen LogP contribution in [0.1, 0.15) is 23.2 Å². The summed E-state index contributed by atoms with van der Waals surface area (Å²) in [6, 6.07) is 2.76. The molecule has 1 aliphatic heterocycles. The first-order valence-electron chi connectivity index (χ1n) is 5.71. The molecule has 1 aliphatic rings. The summed E-state index contributed by atoms with van der Waals surface area (Å²) in [5.41, 5.74) is 0.264. The molecule has 1 atom stereocenters. The van der Waals surface area contributed by atoms with Crippen LogP contribution in [0.15, 0.2) is 12.1 Å². The van der Waals surface area contributed by atoms with E-state index in [1.807, 2.05) is 0 Å². The quantitative estimate of drug-likeness (QED) is 0.859. The predicted molar refractivity (Wildman–Crippen MR) is 73.4 cm³/mol. The van der Waals surface area contributed by atoms with Crippen LogP contribution >= 0.6 is 23.2 Å². The van der Waals surface area contributed by atoms with Gasteiger partial charge in [-0.25, -0.2) is 13.4 Å². The van der Waals surface area contributed by atoms with Gasteiger partial charge in [-0.15, -0.1) is 0 Å². The van der Waals surface area contributed by atoms with E-state index in [4.69, 9.17) is 23.2 Å². The standard InChI is InChI=1S/C11H12Cl2N2O3S/c12-9-4-7(5-10(13)15-9)11(16)14-6-8-2-1-3-19(8,17)18/h4-5,8H,1-3,6H2,(H,14,16). The average molecular weight is 323 g/mol. The van der Waals surface area contributed by atoms with Crippen molar-refractivity contribution in [3.05, 3.63) is 28.0 Å². The minimum atomic E-state index is -3.06. The first-order valence-corrected chi connectivity index (χ1v) is 8.18. The van der Waals surface area contributed by atoms with Gasteiger partial charge in [-0.1, -0.05) is 23.2 Å². The molecule has 1 aromatic heterocycles. The zero-order chi connectivity index (χ0) is 14.0. The minimum absolute atomic E-state index is 0.110. The lowest BCUT2D eigenvalue weighted by Gasteiger charge is -2.11. The lowest BCUT2D eigenvalue weighted by atomic mass is 10.2. The monoisotopic (exact) mass is 322 g/mol. The Balaban J connectivity index is 2.02. The van der Waals surface area contributed by atoms with Crippen molar-refractivity contribution in [1.82, 2.24) is 10.3 Å². The van der Waals surface area contributed by atoms with Gasteiger partial charge in [-0.2, -0.15) is 0 Å². The smallest absolute Gasteiger partial charge is 0.251 e. The van der Waals surface area contributed by atoms with Gasteiger partial charge in [0.25, 0.3) is 5.91 Å². The van der Waals surface area contributed by atoms with Crippen LogP contribution in [-0.2, 0) is 9.84 Å². The normalized spacial score (nSPS) is 21.3. The van der Waals surface area contributed by atoms with E-state index in [-0.39, 0.29) is 28.2 Å². The highest BCUT2D eigenvalue weighted by Crippen LogP contribution is 2.19. The number of pyridine rings is 1. The maximum absolute atomic E-state index is 11.9. The van der Waals surface area contributed by atoms with E-state index >= 15 is 0 Å². The zero-order valence-electron chi connectivity index (χ0n) is 9.90. The molecule has 2 rings (SSSR count). The molecule has 0 bridgehead atoms. The van der Waals surface area contributed by atoms with E-state index in [0.29, 0.717) is 12.8 Å². The van der Waals surface area contributed by atoms with Crippen molar-refractivity contribution in [1.29, 1.82) is 0 Å². The Hall–Kier alpha value is -0.850. The van der Waals surface area contributed by atoms with E-state index in [0.717, 1.165) is 0 Å². The molecule has 5 nitrogen and oxygen atoms in total. The summed E-state index contributed by atoms with van der Waals surface area (Å²) >= 11 is 11.4. The first-order chi connectivity index (χ1) is 8.88. The topological polar surface area (TPSA) is 76.1 Å². The van der Waals surface area contributed by atoms with Gasteiger partial charge in [0.05, 0.1) is 11.0 Å². The van der Waals surface area contributed by atoms with E-state index < -0.39 is 21.0 Å². The van der Waals surface area contributed by atoms with Crippen molar-refractivity contribution < 1.29 is 13.2 Å². The molecule has 2 heterocycles. The summed E-state index contributed by atoms with van der Waals surface area (Å²) in [4.78, 5) is 15.6. The van der Waals surface area contributed by atoms with Crippen LogP contribution in [0.2, 0.25) is 10.3 Å². The van der Waals surface area contributed by atoms with Crippen LogP contribution in [-0.4, -0.2) is 36.9 Å². The third-order valence-electron chi connectivity index (χ3n) is 2.98. The summed E-state index contributed by atoms with van der Waals surface area (Å²) in [7, 11) is -3.06. The summed E-state index contributed by atoms with van der Waals surface area (Å²) in [6.07, 6.45) is 1.23. The highest BCUT2D eigenvalue weighted by atomic mass is 35.5. The molecule has 1 saturated heterocycles. The van der Waals surface area contributed by atoms with Gasteiger partial charge in [-0.3, -0.25) is 4.79 Å². The SMILES string of the molecule is O=C(NCC1CCCS1(=O)=O)c1cc(Cl)nc(Cl)c1. The molecule has 1 N–H and O–H groups in total. The van der Waals surface area contributed by atoms with Crippen molar-refractivity contribution in [2.24, 2.45) is 0 Å². The highest BCUT2D eigenvalue weighted by molar-refractivity contribution is 7.92. The van der Waals surface area contributed by atoms with Gasteiger partial charge >= 0.3 is 0 Å². The number of amides is 1. The number of carbonyl (C=O) groups excluding carboxylic acids is 1. The minimum Gasteiger partial charge on any atom is -0.351 e. The molecule has 104 valence electrons. The summed E-state index contributed by atoms with van der Waals surface area (Å²) in [6.45, 7) is 0.110. The van der Waals surface area contributed by atoms with Crippen molar-refractivity contribution in [3.8, 4) is 0 Å². The number of halogens is 2. The number of nitrogens with zero attached hydrogens (tertiary/aromatic N) is 1. The van der Waals surface area contributed by atoms with Crippen molar-refractivity contribution in [3.63, 3.8) is 0 Å². The number of hydrogen-bond acceptors (Lipinski definition) is 4. The second-order valence-electron chi connectivity index (χ2n) is 4.34. The van der Waals surface area contributed by atoms with Gasteiger partial charge < -0.3 is 5.32 Å². The Morgan fingerprint density at radius 2 is 2.00 bits per heavy atom. The second kappa shape index (κ2) is 5.64. The zero-order valence-corrected chi connectivity index (χ0v) is 12.2. The molecule has 0 saturated carbocycles. The fourth-order valence-corrected chi connectivity index (χ4v) is 4.22. The molecule has 1 unspecified atom stereocenters. The third-order valence-corrected chi connectivity index (χ3v) is 5.64. The Morgan fingerprint density at radius 3 is 2.53 bits per heavy atom. The van der Waals surface area contributed by atoms with Gasteiger partial charge in [-0.05, 0) is 25.0 Å². The first kappa shape index (κ1) is 14.6. The molecule has 0 radical (unpaired) electrons. The Kier molecular flexibility index (Phi) is 4.32. The second-order valence-corrected chi connectivity index (χ2v) is 7.52. The summed E-state index contributed by atoms with van der Waals surface area (Å²) < 4.78 is 23.2. The van der Waals surface area contributed by atoms with Crippen LogP contribution < -0.4 is 5.32 Å². The largest absolute Gasteiger partial charge is 0.351 e. The molecular formula is C11H12Cl2N2O3S. The van der Waals surface area contributed by atoms with E-state index in [9.17, 15) is 13.2 Å². The van der Waals surface area contributed by atoms with Gasteiger partial charge in [0.2, 0.25) is 0 Å². The molecular weight excluding hydrogens is 311 g/mol. The number of hydrogen-bond donors (Lipinski definition) is 1. The fraction of sp³-hybridized carbons (Fsp3) is 0.455. The molecule has 19 heavy (non-hydrogen) atoms. The molecule has 1 amide bonds. The van der Waals surface area contributed by atoms with Gasteiger partial charge in [0.15, 0.2) is 9.84 Å². The number of rotatable bonds is 3. The Labute approximate surface area is 121 Å². The number of carbonyl (C=O) groups is 1. The van der Waals surface area contributed by atoms with Crippen molar-refractivity contribution in [2.75, 3.05) is 12.3 Å². The summed E-state index contributed by atoms with van der Waals surface area (Å²) in [5.74, 6) is -0.214. The molecule has 0 spiro atoms. The predicted octanol–water partition coefficient (Wildman–Crippen LogP) is 1.70. The van der Waals surface area contributed by atoms with Gasteiger partial charge in [0.1, 0.15) is 10.3 Å². The van der Waals surface area contributed by atoms with Crippen LogP contribution in [0, 0.1) is 0 Å². The van der Waals surface area contributed by atoms with Crippen LogP contribution in [0.4, 0.5) is 0 Å². The average Bonchev–Trinajstić information content (AvgIpc) is 2.64.